The molecule has 4 aromatic carbocycles. The number of carbonyl (C=O) groups is 2. The van der Waals surface area contributed by atoms with Gasteiger partial charge in [-0.3, -0.25) is 13.9 Å². The van der Waals surface area contributed by atoms with Crippen LogP contribution in [0.3, 0.4) is 0 Å². The number of carbonyl (C=O) groups excluding carboxylic acids is 2. The SMILES string of the molecule is CCCNC(=O)C(Cc1ccccc1)N(Cc1ccc(F)cc1)C(=O)CN(c1cc(OC)ccc1OC)S(=O)(=O)c1ccc(OC)c(OC)c1. The van der Waals surface area contributed by atoms with Gasteiger partial charge in [-0.1, -0.05) is 49.4 Å². The Labute approximate surface area is 292 Å². The first-order valence-corrected chi connectivity index (χ1v) is 17.3. The van der Waals surface area contributed by atoms with Crippen molar-refractivity contribution in [1.29, 1.82) is 0 Å². The molecule has 0 aliphatic heterocycles. The Kier molecular flexibility index (Phi) is 13.0. The molecule has 0 saturated carbocycles. The Hall–Kier alpha value is -5.30. The van der Waals surface area contributed by atoms with E-state index in [2.05, 4.69) is 5.32 Å². The summed E-state index contributed by atoms with van der Waals surface area (Å²) in [6, 6.07) is 22.3. The van der Waals surface area contributed by atoms with Gasteiger partial charge in [0.15, 0.2) is 11.5 Å². The Morgan fingerprint density at radius 2 is 1.44 bits per heavy atom. The number of hydrogen-bond donors (Lipinski definition) is 1. The zero-order chi connectivity index (χ0) is 36.3. The Balaban J connectivity index is 1.89. The number of anilines is 1. The van der Waals surface area contributed by atoms with Crippen LogP contribution in [-0.4, -0.2) is 72.7 Å². The minimum Gasteiger partial charge on any atom is -0.497 e. The van der Waals surface area contributed by atoms with Gasteiger partial charge >= 0.3 is 0 Å². The van der Waals surface area contributed by atoms with Crippen LogP contribution in [0.15, 0.2) is 95.9 Å². The Morgan fingerprint density at radius 3 is 2.06 bits per heavy atom. The van der Waals surface area contributed by atoms with Crippen molar-refractivity contribution in [3.05, 3.63) is 108 Å². The number of sulfonamides is 1. The van der Waals surface area contributed by atoms with Crippen molar-refractivity contribution in [2.75, 3.05) is 45.8 Å². The van der Waals surface area contributed by atoms with Gasteiger partial charge in [0.2, 0.25) is 11.8 Å². The minimum absolute atomic E-state index is 0.0201. The zero-order valence-corrected chi connectivity index (χ0v) is 29.5. The smallest absolute Gasteiger partial charge is 0.265 e. The van der Waals surface area contributed by atoms with Crippen molar-refractivity contribution in [3.8, 4) is 23.0 Å². The van der Waals surface area contributed by atoms with E-state index in [0.29, 0.717) is 30.0 Å². The van der Waals surface area contributed by atoms with Gasteiger partial charge in [0, 0.05) is 31.6 Å². The molecule has 0 spiro atoms. The molecule has 1 unspecified atom stereocenters. The summed E-state index contributed by atoms with van der Waals surface area (Å²) >= 11 is 0. The first-order valence-electron chi connectivity index (χ1n) is 15.9. The highest BCUT2D eigenvalue weighted by Crippen LogP contribution is 2.38. The Morgan fingerprint density at radius 1 is 0.780 bits per heavy atom. The largest absolute Gasteiger partial charge is 0.497 e. The number of amides is 2. The van der Waals surface area contributed by atoms with Gasteiger partial charge in [0.1, 0.15) is 29.9 Å². The van der Waals surface area contributed by atoms with Gasteiger partial charge in [0.25, 0.3) is 10.0 Å². The molecule has 0 saturated heterocycles. The molecule has 0 heterocycles. The van der Waals surface area contributed by atoms with E-state index < -0.39 is 40.2 Å². The van der Waals surface area contributed by atoms with Crippen LogP contribution >= 0.6 is 0 Å². The van der Waals surface area contributed by atoms with E-state index >= 15 is 0 Å². The summed E-state index contributed by atoms with van der Waals surface area (Å²) in [5.41, 5.74) is 1.34. The highest BCUT2D eigenvalue weighted by molar-refractivity contribution is 7.92. The van der Waals surface area contributed by atoms with E-state index in [0.717, 1.165) is 9.87 Å². The first kappa shape index (κ1) is 37.5. The fourth-order valence-corrected chi connectivity index (χ4v) is 6.75. The van der Waals surface area contributed by atoms with Crippen LogP contribution in [0.2, 0.25) is 0 Å². The van der Waals surface area contributed by atoms with Crippen molar-refractivity contribution >= 4 is 27.5 Å². The average molecular weight is 708 g/mol. The Bertz CT molecular complexity index is 1860. The molecule has 11 nitrogen and oxygen atoms in total. The second kappa shape index (κ2) is 17.4. The van der Waals surface area contributed by atoms with E-state index in [4.69, 9.17) is 18.9 Å². The van der Waals surface area contributed by atoms with E-state index in [9.17, 15) is 22.4 Å². The lowest BCUT2D eigenvalue weighted by atomic mass is 10.0. The normalized spacial score (nSPS) is 11.6. The molecule has 0 aliphatic rings. The lowest BCUT2D eigenvalue weighted by Gasteiger charge is -2.34. The molecule has 13 heteroatoms. The summed E-state index contributed by atoms with van der Waals surface area (Å²) < 4.78 is 65.7. The summed E-state index contributed by atoms with van der Waals surface area (Å²) in [4.78, 5) is 29.7. The van der Waals surface area contributed by atoms with Crippen molar-refractivity contribution in [2.24, 2.45) is 0 Å². The van der Waals surface area contributed by atoms with Crippen LogP contribution in [0.5, 0.6) is 23.0 Å². The van der Waals surface area contributed by atoms with Crippen LogP contribution in [0, 0.1) is 5.82 Å². The standard InChI is InChI=1S/C37H42FN3O8S/c1-6-20-39-37(43)32(21-26-10-8-7-9-11-26)40(24-27-12-14-28(38)15-13-27)36(42)25-41(31-22-29(46-2)16-18-33(31)47-3)50(44,45)30-17-19-34(48-4)35(23-30)49-5/h7-19,22-23,32H,6,20-21,24-25H2,1-5H3,(H,39,43). The van der Waals surface area contributed by atoms with Gasteiger partial charge in [-0.2, -0.15) is 0 Å². The van der Waals surface area contributed by atoms with Crippen molar-refractivity contribution in [1.82, 2.24) is 10.2 Å². The fourth-order valence-electron chi connectivity index (χ4n) is 5.32. The van der Waals surface area contributed by atoms with E-state index in [1.807, 2.05) is 37.3 Å². The maximum absolute atomic E-state index is 14.7. The highest BCUT2D eigenvalue weighted by Gasteiger charge is 2.36. The molecule has 1 N–H and O–H groups in total. The molecule has 0 radical (unpaired) electrons. The van der Waals surface area contributed by atoms with Crippen molar-refractivity contribution < 1.29 is 41.3 Å². The lowest BCUT2D eigenvalue weighted by Crippen LogP contribution is -2.53. The van der Waals surface area contributed by atoms with Crippen LogP contribution in [0.1, 0.15) is 24.5 Å². The topological polar surface area (TPSA) is 124 Å². The maximum Gasteiger partial charge on any atom is 0.265 e. The number of nitrogens with one attached hydrogen (secondary N) is 1. The number of methoxy groups -OCH3 is 4. The molecule has 0 bridgehead atoms. The molecule has 0 aliphatic carbocycles. The van der Waals surface area contributed by atoms with Crippen LogP contribution in [0.4, 0.5) is 10.1 Å². The molecule has 1 atom stereocenters. The second-order valence-corrected chi connectivity index (χ2v) is 13.1. The molecule has 50 heavy (non-hydrogen) atoms. The highest BCUT2D eigenvalue weighted by atomic mass is 32.2. The predicted octanol–water partition coefficient (Wildman–Crippen LogP) is 5.22. The van der Waals surface area contributed by atoms with E-state index in [-0.39, 0.29) is 35.0 Å². The predicted molar refractivity (Wildman–Crippen MR) is 188 cm³/mol. The van der Waals surface area contributed by atoms with Crippen LogP contribution < -0.4 is 28.6 Å². The van der Waals surface area contributed by atoms with Gasteiger partial charge in [0.05, 0.1) is 39.0 Å². The molecule has 266 valence electrons. The number of hydrogen-bond acceptors (Lipinski definition) is 8. The van der Waals surface area contributed by atoms with Crippen LogP contribution in [0.25, 0.3) is 0 Å². The molecular weight excluding hydrogens is 665 g/mol. The number of rotatable bonds is 17. The molecular formula is C37H42FN3O8S. The average Bonchev–Trinajstić information content (AvgIpc) is 3.14. The minimum atomic E-state index is -4.53. The third-order valence-electron chi connectivity index (χ3n) is 7.96. The molecule has 0 aromatic heterocycles. The molecule has 4 rings (SSSR count). The molecule has 4 aromatic rings. The summed E-state index contributed by atoms with van der Waals surface area (Å²) in [7, 11) is 1.08. The van der Waals surface area contributed by atoms with Crippen LogP contribution in [-0.2, 0) is 32.6 Å². The third-order valence-corrected chi connectivity index (χ3v) is 9.72. The lowest BCUT2D eigenvalue weighted by molar-refractivity contribution is -0.140. The van der Waals surface area contributed by atoms with Gasteiger partial charge in [-0.25, -0.2) is 12.8 Å². The summed E-state index contributed by atoms with van der Waals surface area (Å²) in [6.45, 7) is 1.42. The number of halogens is 1. The van der Waals surface area contributed by atoms with Gasteiger partial charge < -0.3 is 29.2 Å². The fraction of sp³-hybridized carbons (Fsp3) is 0.297. The number of benzene rings is 4. The number of nitrogens with zero attached hydrogens (tertiary/aromatic N) is 2. The number of ether oxygens (including phenoxy) is 4. The summed E-state index contributed by atoms with van der Waals surface area (Å²) in [5.74, 6) is -0.661. The van der Waals surface area contributed by atoms with Gasteiger partial charge in [-0.15, -0.1) is 0 Å². The molecule has 0 fully saturated rings. The van der Waals surface area contributed by atoms with Crippen molar-refractivity contribution in [3.63, 3.8) is 0 Å². The molecule has 2 amide bonds. The van der Waals surface area contributed by atoms with Gasteiger partial charge in [-0.05, 0) is 53.9 Å². The maximum atomic E-state index is 14.7. The van der Waals surface area contributed by atoms with E-state index in [1.165, 1.54) is 87.9 Å². The summed E-state index contributed by atoms with van der Waals surface area (Å²) in [5, 5.41) is 2.89. The zero-order valence-electron chi connectivity index (χ0n) is 28.7. The quantitative estimate of drug-likeness (QED) is 0.159. The second-order valence-electron chi connectivity index (χ2n) is 11.2. The third kappa shape index (κ3) is 9.03. The first-order chi connectivity index (χ1) is 24.1. The summed E-state index contributed by atoms with van der Waals surface area (Å²) in [6.07, 6.45) is 0.789. The van der Waals surface area contributed by atoms with Crippen molar-refractivity contribution in [2.45, 2.75) is 37.2 Å². The monoisotopic (exact) mass is 707 g/mol. The van der Waals surface area contributed by atoms with E-state index in [1.54, 1.807) is 6.07 Å².